The van der Waals surface area contributed by atoms with Gasteiger partial charge >= 0.3 is 5.97 Å². The van der Waals surface area contributed by atoms with Gasteiger partial charge in [-0.1, -0.05) is 11.6 Å². The standard InChI is InChI=1S/C17H17ClO4/c1-9-7-11(18)8-10(2)13(9)14-15(20)17(22-16(14)21)5-3-12(19)4-6-17/h7-8,14H,3-6H2,1-2H3. The Hall–Kier alpha value is -1.68. The third-order valence-corrected chi connectivity index (χ3v) is 4.92. The molecule has 0 aromatic heterocycles. The first-order chi connectivity index (χ1) is 10.3. The number of rotatable bonds is 1. The Morgan fingerprint density at radius 2 is 1.64 bits per heavy atom. The number of benzene rings is 1. The van der Waals surface area contributed by atoms with Crippen LogP contribution in [0.1, 0.15) is 48.3 Å². The van der Waals surface area contributed by atoms with Crippen molar-refractivity contribution in [3.63, 3.8) is 0 Å². The van der Waals surface area contributed by atoms with Gasteiger partial charge in [0.1, 0.15) is 11.7 Å². The molecule has 5 heteroatoms. The Balaban J connectivity index is 2.01. The van der Waals surface area contributed by atoms with Crippen LogP contribution in [0.5, 0.6) is 0 Å². The van der Waals surface area contributed by atoms with E-state index in [9.17, 15) is 14.4 Å². The molecule has 1 saturated heterocycles. The fraction of sp³-hybridized carbons (Fsp3) is 0.471. The first-order valence-corrected chi connectivity index (χ1v) is 7.77. The monoisotopic (exact) mass is 320 g/mol. The average Bonchev–Trinajstić information content (AvgIpc) is 2.66. The summed E-state index contributed by atoms with van der Waals surface area (Å²) in [4.78, 5) is 36.7. The van der Waals surface area contributed by atoms with E-state index in [4.69, 9.17) is 16.3 Å². The highest BCUT2D eigenvalue weighted by Gasteiger charge is 2.57. The molecule has 22 heavy (non-hydrogen) atoms. The maximum absolute atomic E-state index is 12.9. The van der Waals surface area contributed by atoms with Crippen LogP contribution in [0.25, 0.3) is 0 Å². The van der Waals surface area contributed by atoms with Gasteiger partial charge in [-0.3, -0.25) is 14.4 Å². The summed E-state index contributed by atoms with van der Waals surface area (Å²) < 4.78 is 5.48. The lowest BCUT2D eigenvalue weighted by atomic mass is 9.76. The molecule has 0 amide bonds. The summed E-state index contributed by atoms with van der Waals surface area (Å²) in [7, 11) is 0. The Morgan fingerprint density at radius 3 is 2.18 bits per heavy atom. The van der Waals surface area contributed by atoms with Crippen molar-refractivity contribution in [2.45, 2.75) is 51.0 Å². The number of Topliss-reactive ketones (excluding diaryl/α,β-unsaturated/α-hetero) is 2. The van der Waals surface area contributed by atoms with Crippen LogP contribution < -0.4 is 0 Å². The van der Waals surface area contributed by atoms with E-state index >= 15 is 0 Å². The first kappa shape index (κ1) is 15.2. The summed E-state index contributed by atoms with van der Waals surface area (Å²) >= 11 is 6.02. The van der Waals surface area contributed by atoms with Gasteiger partial charge in [0.05, 0.1) is 0 Å². The molecule has 1 unspecified atom stereocenters. The molecule has 1 heterocycles. The van der Waals surface area contributed by atoms with Crippen molar-refractivity contribution in [3.05, 3.63) is 33.8 Å². The van der Waals surface area contributed by atoms with Crippen LogP contribution in [-0.4, -0.2) is 23.1 Å². The second-order valence-electron chi connectivity index (χ2n) is 6.20. The van der Waals surface area contributed by atoms with Gasteiger partial charge in [-0.15, -0.1) is 0 Å². The second-order valence-corrected chi connectivity index (χ2v) is 6.64. The van der Waals surface area contributed by atoms with Gasteiger partial charge in [0.15, 0.2) is 11.4 Å². The van der Waals surface area contributed by atoms with Crippen LogP contribution in [0.2, 0.25) is 5.02 Å². The molecule has 1 spiro atoms. The van der Waals surface area contributed by atoms with Crippen molar-refractivity contribution in [1.29, 1.82) is 0 Å². The molecule has 1 saturated carbocycles. The van der Waals surface area contributed by atoms with E-state index in [1.165, 1.54) is 0 Å². The zero-order valence-electron chi connectivity index (χ0n) is 12.6. The summed E-state index contributed by atoms with van der Waals surface area (Å²) in [6.45, 7) is 3.67. The normalized spacial score (nSPS) is 24.0. The minimum atomic E-state index is -1.10. The molecular weight excluding hydrogens is 304 g/mol. The van der Waals surface area contributed by atoms with E-state index in [0.717, 1.165) is 11.1 Å². The molecule has 1 aliphatic carbocycles. The molecule has 0 N–H and O–H groups in total. The number of carbonyl (C=O) groups is 3. The summed E-state index contributed by atoms with van der Waals surface area (Å²) in [6, 6.07) is 3.50. The summed E-state index contributed by atoms with van der Waals surface area (Å²) in [5.41, 5.74) is 1.20. The molecule has 2 fully saturated rings. The third kappa shape index (κ3) is 2.26. The Kier molecular flexibility index (Phi) is 3.60. The highest BCUT2D eigenvalue weighted by Crippen LogP contribution is 2.44. The van der Waals surface area contributed by atoms with Crippen molar-refractivity contribution in [2.75, 3.05) is 0 Å². The topological polar surface area (TPSA) is 60.4 Å². The summed E-state index contributed by atoms with van der Waals surface area (Å²) in [5.74, 6) is -1.49. The smallest absolute Gasteiger partial charge is 0.322 e. The van der Waals surface area contributed by atoms with E-state index in [2.05, 4.69) is 0 Å². The minimum absolute atomic E-state index is 0.122. The van der Waals surface area contributed by atoms with E-state index in [-0.39, 0.29) is 11.6 Å². The van der Waals surface area contributed by atoms with Gasteiger partial charge in [-0.2, -0.15) is 0 Å². The number of ketones is 2. The lowest BCUT2D eigenvalue weighted by Crippen LogP contribution is -2.41. The molecule has 0 bridgehead atoms. The zero-order valence-corrected chi connectivity index (χ0v) is 13.3. The molecule has 1 atom stereocenters. The van der Waals surface area contributed by atoms with Gasteiger partial charge in [0.25, 0.3) is 0 Å². The van der Waals surface area contributed by atoms with E-state index < -0.39 is 17.5 Å². The van der Waals surface area contributed by atoms with Crippen molar-refractivity contribution < 1.29 is 19.1 Å². The van der Waals surface area contributed by atoms with Crippen molar-refractivity contribution in [2.24, 2.45) is 0 Å². The summed E-state index contributed by atoms with van der Waals surface area (Å²) in [5, 5.41) is 0.579. The molecule has 1 aromatic carbocycles. The van der Waals surface area contributed by atoms with E-state index in [1.54, 1.807) is 12.1 Å². The Morgan fingerprint density at radius 1 is 1.09 bits per heavy atom. The number of halogens is 1. The van der Waals surface area contributed by atoms with Crippen LogP contribution >= 0.6 is 11.6 Å². The number of ether oxygens (including phenoxy) is 1. The number of aryl methyl sites for hydroxylation is 2. The lowest BCUT2D eigenvalue weighted by molar-refractivity contribution is -0.156. The fourth-order valence-electron chi connectivity index (χ4n) is 3.58. The van der Waals surface area contributed by atoms with Crippen molar-refractivity contribution in [1.82, 2.24) is 0 Å². The van der Waals surface area contributed by atoms with Crippen LogP contribution in [0.3, 0.4) is 0 Å². The average molecular weight is 321 g/mol. The molecular formula is C17H17ClO4. The maximum atomic E-state index is 12.9. The largest absolute Gasteiger partial charge is 0.450 e. The number of hydrogen-bond donors (Lipinski definition) is 0. The van der Waals surface area contributed by atoms with Crippen LogP contribution in [-0.2, 0) is 19.1 Å². The highest BCUT2D eigenvalue weighted by atomic mass is 35.5. The van der Waals surface area contributed by atoms with Crippen LogP contribution in [0.15, 0.2) is 12.1 Å². The van der Waals surface area contributed by atoms with Gasteiger partial charge in [-0.25, -0.2) is 0 Å². The second kappa shape index (κ2) is 5.20. The zero-order chi connectivity index (χ0) is 16.1. The quantitative estimate of drug-likeness (QED) is 0.589. The predicted octanol–water partition coefficient (Wildman–Crippen LogP) is 3.05. The van der Waals surface area contributed by atoms with Crippen LogP contribution in [0, 0.1) is 13.8 Å². The van der Waals surface area contributed by atoms with Crippen molar-refractivity contribution in [3.8, 4) is 0 Å². The molecule has 0 radical (unpaired) electrons. The minimum Gasteiger partial charge on any atom is -0.450 e. The van der Waals surface area contributed by atoms with Gasteiger partial charge in [0.2, 0.25) is 0 Å². The molecule has 3 rings (SSSR count). The molecule has 1 aromatic rings. The summed E-state index contributed by atoms with van der Waals surface area (Å²) in [6.07, 6.45) is 1.20. The van der Waals surface area contributed by atoms with Crippen molar-refractivity contribution >= 4 is 29.1 Å². The molecule has 116 valence electrons. The molecule has 1 aliphatic heterocycles. The number of hydrogen-bond acceptors (Lipinski definition) is 4. The number of esters is 1. The van der Waals surface area contributed by atoms with Gasteiger partial charge in [0, 0.05) is 30.7 Å². The van der Waals surface area contributed by atoms with Crippen LogP contribution in [0.4, 0.5) is 0 Å². The predicted molar refractivity (Wildman–Crippen MR) is 81.0 cm³/mol. The third-order valence-electron chi connectivity index (χ3n) is 4.71. The molecule has 4 nitrogen and oxygen atoms in total. The fourth-order valence-corrected chi connectivity index (χ4v) is 3.91. The van der Waals surface area contributed by atoms with E-state index in [0.29, 0.717) is 36.3 Å². The SMILES string of the molecule is Cc1cc(Cl)cc(C)c1C1C(=O)OC2(CCC(=O)CC2)C1=O. The maximum Gasteiger partial charge on any atom is 0.322 e. The Bertz CT molecular complexity index is 659. The Labute approximate surface area is 133 Å². The lowest BCUT2D eigenvalue weighted by Gasteiger charge is -2.29. The van der Waals surface area contributed by atoms with E-state index in [1.807, 2.05) is 13.8 Å². The first-order valence-electron chi connectivity index (χ1n) is 7.39. The number of carbonyl (C=O) groups excluding carboxylic acids is 3. The molecule has 2 aliphatic rings. The highest BCUT2D eigenvalue weighted by molar-refractivity contribution is 6.30. The van der Waals surface area contributed by atoms with Gasteiger partial charge in [-0.05, 0) is 42.7 Å². The van der Waals surface area contributed by atoms with Gasteiger partial charge < -0.3 is 4.74 Å².